The van der Waals surface area contributed by atoms with Crippen LogP contribution >= 0.6 is 0 Å². The van der Waals surface area contributed by atoms with Crippen molar-refractivity contribution in [3.8, 4) is 11.5 Å². The van der Waals surface area contributed by atoms with E-state index in [0.717, 1.165) is 59.6 Å². The molecule has 0 saturated carbocycles. The van der Waals surface area contributed by atoms with Crippen LogP contribution in [0.2, 0.25) is 0 Å². The minimum Gasteiger partial charge on any atom is -0.459 e. The molecule has 2 atom stereocenters. The molecule has 138 valence electrons. The van der Waals surface area contributed by atoms with Gasteiger partial charge in [-0.15, -0.1) is 0 Å². The van der Waals surface area contributed by atoms with Gasteiger partial charge in [-0.3, -0.25) is 4.74 Å². The lowest BCUT2D eigenvalue weighted by Gasteiger charge is -2.39. The highest BCUT2D eigenvalue weighted by Gasteiger charge is 2.39. The number of hydrogen-bond acceptors (Lipinski definition) is 5. The Labute approximate surface area is 153 Å². The van der Waals surface area contributed by atoms with E-state index in [9.17, 15) is 0 Å². The Hall–Kier alpha value is -2.08. The number of aliphatic hydroxyl groups excluding tert-OH is 1. The fraction of sp³-hybridized carbons (Fsp3) is 0.429. The number of aryl methyl sites for hydroxylation is 2. The third kappa shape index (κ3) is 3.18. The minimum absolute atomic E-state index is 0.164. The summed E-state index contributed by atoms with van der Waals surface area (Å²) in [6, 6.07) is 12.1. The van der Waals surface area contributed by atoms with Gasteiger partial charge in [0.25, 0.3) is 0 Å². The number of fused-ring (bicyclic) bond motifs is 6. The van der Waals surface area contributed by atoms with Gasteiger partial charge in [-0.2, -0.15) is 0 Å². The molecule has 2 aromatic carbocycles. The summed E-state index contributed by atoms with van der Waals surface area (Å²) < 4.78 is 23.7. The van der Waals surface area contributed by atoms with Crippen LogP contribution in [-0.2, 0) is 22.3 Å². The zero-order valence-electron chi connectivity index (χ0n) is 14.9. The van der Waals surface area contributed by atoms with Crippen molar-refractivity contribution < 1.29 is 24.1 Å². The van der Waals surface area contributed by atoms with E-state index in [4.69, 9.17) is 24.1 Å². The molecule has 0 fully saturated rings. The molecule has 2 bridgehead atoms. The normalized spacial score (nSPS) is 19.9. The first-order chi connectivity index (χ1) is 12.8. The lowest BCUT2D eigenvalue weighted by Crippen LogP contribution is -2.31. The summed E-state index contributed by atoms with van der Waals surface area (Å²) >= 11 is 0. The highest BCUT2D eigenvalue weighted by atomic mass is 16.8. The van der Waals surface area contributed by atoms with Crippen molar-refractivity contribution in [3.05, 3.63) is 58.7 Å². The minimum atomic E-state index is -0.464. The van der Waals surface area contributed by atoms with Gasteiger partial charge in [0, 0.05) is 20.3 Å². The molecule has 2 unspecified atom stereocenters. The smallest absolute Gasteiger partial charge is 0.233 e. The van der Waals surface area contributed by atoms with Crippen LogP contribution in [0.4, 0.5) is 0 Å². The number of benzene rings is 2. The zero-order valence-corrected chi connectivity index (χ0v) is 14.9. The molecule has 0 amide bonds. The fourth-order valence-electron chi connectivity index (χ4n) is 3.59. The summed E-state index contributed by atoms with van der Waals surface area (Å²) in [6.07, 6.45) is 2.37. The number of aliphatic hydroxyl groups is 1. The predicted molar refractivity (Wildman–Crippen MR) is 96.3 cm³/mol. The monoisotopic (exact) mass is 356 g/mol. The molecular weight excluding hydrogens is 332 g/mol. The van der Waals surface area contributed by atoms with Gasteiger partial charge in [-0.05, 0) is 48.9 Å². The molecule has 2 aliphatic heterocycles. The SMILES string of the molecule is COCCCc1cccc2c1OC1OC2Oc2c(CCCO)cccc21. The largest absolute Gasteiger partial charge is 0.459 e. The van der Waals surface area contributed by atoms with E-state index in [1.54, 1.807) is 7.11 Å². The van der Waals surface area contributed by atoms with Gasteiger partial charge in [-0.1, -0.05) is 24.3 Å². The second kappa shape index (κ2) is 7.66. The van der Waals surface area contributed by atoms with E-state index in [1.165, 1.54) is 0 Å². The molecule has 2 aliphatic rings. The van der Waals surface area contributed by atoms with Gasteiger partial charge >= 0.3 is 0 Å². The summed E-state index contributed by atoms with van der Waals surface area (Å²) in [4.78, 5) is 0. The van der Waals surface area contributed by atoms with Crippen molar-refractivity contribution >= 4 is 0 Å². The van der Waals surface area contributed by atoms with Crippen molar-refractivity contribution in [1.82, 2.24) is 0 Å². The first kappa shape index (κ1) is 17.3. The Morgan fingerprint density at radius 3 is 2.00 bits per heavy atom. The van der Waals surface area contributed by atoms with Crippen LogP contribution in [0.1, 0.15) is 47.7 Å². The number of ether oxygens (including phenoxy) is 4. The number of methoxy groups -OCH3 is 1. The Kier molecular flexibility index (Phi) is 5.11. The summed E-state index contributed by atoms with van der Waals surface area (Å²) in [7, 11) is 1.72. The van der Waals surface area contributed by atoms with E-state index in [-0.39, 0.29) is 6.61 Å². The molecule has 0 aliphatic carbocycles. The first-order valence-corrected chi connectivity index (χ1v) is 9.14. The third-order valence-corrected chi connectivity index (χ3v) is 4.86. The van der Waals surface area contributed by atoms with Gasteiger partial charge in [0.2, 0.25) is 12.6 Å². The summed E-state index contributed by atoms with van der Waals surface area (Å²) in [5.41, 5.74) is 4.08. The van der Waals surface area contributed by atoms with E-state index < -0.39 is 12.6 Å². The van der Waals surface area contributed by atoms with Crippen LogP contribution < -0.4 is 9.47 Å². The maximum absolute atomic E-state index is 9.14. The van der Waals surface area contributed by atoms with Crippen LogP contribution in [0.5, 0.6) is 11.5 Å². The van der Waals surface area contributed by atoms with E-state index in [0.29, 0.717) is 6.42 Å². The maximum atomic E-state index is 9.14. The van der Waals surface area contributed by atoms with Gasteiger partial charge in [0.1, 0.15) is 11.5 Å². The summed E-state index contributed by atoms with van der Waals surface area (Å²) in [5.74, 6) is 1.70. The lowest BCUT2D eigenvalue weighted by molar-refractivity contribution is -0.228. The van der Waals surface area contributed by atoms with Crippen molar-refractivity contribution in [2.45, 2.75) is 38.3 Å². The average molecular weight is 356 g/mol. The van der Waals surface area contributed by atoms with Crippen LogP contribution in [0.3, 0.4) is 0 Å². The Balaban J connectivity index is 1.65. The second-order valence-electron chi connectivity index (χ2n) is 6.63. The Morgan fingerprint density at radius 1 is 0.885 bits per heavy atom. The van der Waals surface area contributed by atoms with Crippen molar-refractivity contribution in [3.63, 3.8) is 0 Å². The van der Waals surface area contributed by atoms with Crippen LogP contribution in [-0.4, -0.2) is 25.4 Å². The molecule has 1 N–H and O–H groups in total. The van der Waals surface area contributed by atoms with Crippen molar-refractivity contribution in [1.29, 1.82) is 0 Å². The summed E-state index contributed by atoms with van der Waals surface area (Å²) in [6.45, 7) is 0.887. The van der Waals surface area contributed by atoms with Crippen molar-refractivity contribution in [2.24, 2.45) is 0 Å². The topological polar surface area (TPSA) is 57.2 Å². The van der Waals surface area contributed by atoms with Crippen LogP contribution in [0.15, 0.2) is 36.4 Å². The Morgan fingerprint density at radius 2 is 1.46 bits per heavy atom. The standard InChI is InChI=1S/C21H24O5/c1-23-13-5-9-15-7-3-11-17-19(15)25-20-16-10-2-6-14(8-4-12-22)18(16)24-21(17)26-20/h2-3,6-7,10-11,20-22H,4-5,8-9,12-13H2,1H3. The van der Waals surface area contributed by atoms with E-state index in [2.05, 4.69) is 6.07 Å². The molecule has 5 heteroatoms. The molecule has 4 rings (SSSR count). The molecule has 0 saturated heterocycles. The van der Waals surface area contributed by atoms with E-state index >= 15 is 0 Å². The highest BCUT2D eigenvalue weighted by Crippen LogP contribution is 2.49. The highest BCUT2D eigenvalue weighted by molar-refractivity contribution is 5.49. The fourth-order valence-corrected chi connectivity index (χ4v) is 3.59. The molecule has 26 heavy (non-hydrogen) atoms. The predicted octanol–water partition coefficient (Wildman–Crippen LogP) is 3.69. The van der Waals surface area contributed by atoms with Crippen LogP contribution in [0, 0.1) is 0 Å². The zero-order chi connectivity index (χ0) is 17.9. The van der Waals surface area contributed by atoms with E-state index in [1.807, 2.05) is 30.3 Å². The van der Waals surface area contributed by atoms with Gasteiger partial charge in [0.15, 0.2) is 0 Å². The lowest BCUT2D eigenvalue weighted by atomic mass is 9.99. The first-order valence-electron chi connectivity index (χ1n) is 9.14. The molecule has 0 spiro atoms. The van der Waals surface area contributed by atoms with Gasteiger partial charge in [0.05, 0.1) is 11.1 Å². The maximum Gasteiger partial charge on any atom is 0.233 e. The van der Waals surface area contributed by atoms with Crippen LogP contribution in [0.25, 0.3) is 0 Å². The molecular formula is C21H24O5. The number of hydrogen-bond donors (Lipinski definition) is 1. The molecule has 2 heterocycles. The van der Waals surface area contributed by atoms with Crippen molar-refractivity contribution in [2.75, 3.05) is 20.3 Å². The summed E-state index contributed by atoms with van der Waals surface area (Å²) in [5, 5.41) is 9.14. The quantitative estimate of drug-likeness (QED) is 0.767. The number of rotatable bonds is 7. The molecule has 2 aromatic rings. The van der Waals surface area contributed by atoms with Gasteiger partial charge in [-0.25, -0.2) is 0 Å². The Bertz CT molecular complexity index is 773. The second-order valence-corrected chi connectivity index (χ2v) is 6.63. The number of para-hydroxylation sites is 2. The van der Waals surface area contributed by atoms with Gasteiger partial charge < -0.3 is 19.3 Å². The average Bonchev–Trinajstić information content (AvgIpc) is 2.67. The molecule has 0 radical (unpaired) electrons. The third-order valence-electron chi connectivity index (χ3n) is 4.86. The molecule has 0 aromatic heterocycles. The molecule has 5 nitrogen and oxygen atoms in total.